The SMILES string of the molecule is CC(C)C(NC(=O)Cc1ccccc1)C(=O)Nc1cccc(CN2CCSCC2)c1. The molecule has 2 aromatic rings. The van der Waals surface area contributed by atoms with E-state index in [0.717, 1.165) is 30.9 Å². The van der Waals surface area contributed by atoms with Crippen molar-refractivity contribution in [3.8, 4) is 0 Å². The van der Waals surface area contributed by atoms with Crippen molar-refractivity contribution >= 4 is 29.3 Å². The Hall–Kier alpha value is -2.31. The van der Waals surface area contributed by atoms with Crippen LogP contribution in [-0.2, 0) is 22.6 Å². The average Bonchev–Trinajstić information content (AvgIpc) is 2.73. The Morgan fingerprint density at radius 3 is 2.40 bits per heavy atom. The van der Waals surface area contributed by atoms with Gasteiger partial charge in [0.05, 0.1) is 6.42 Å². The molecule has 0 saturated carbocycles. The van der Waals surface area contributed by atoms with Crippen molar-refractivity contribution in [1.82, 2.24) is 10.2 Å². The highest BCUT2D eigenvalue weighted by Crippen LogP contribution is 2.17. The number of nitrogens with one attached hydrogen (secondary N) is 2. The Labute approximate surface area is 183 Å². The minimum absolute atomic E-state index is 0.0150. The fourth-order valence-electron chi connectivity index (χ4n) is 3.53. The van der Waals surface area contributed by atoms with Crippen molar-refractivity contribution in [2.45, 2.75) is 32.9 Å². The first-order valence-electron chi connectivity index (χ1n) is 10.5. The summed E-state index contributed by atoms with van der Waals surface area (Å²) in [5.74, 6) is 2.01. The van der Waals surface area contributed by atoms with Crippen LogP contribution in [-0.4, -0.2) is 47.4 Å². The monoisotopic (exact) mass is 425 g/mol. The normalized spacial score (nSPS) is 15.6. The Balaban J connectivity index is 1.59. The molecule has 2 N–H and O–H groups in total. The maximum absolute atomic E-state index is 12.9. The molecule has 30 heavy (non-hydrogen) atoms. The van der Waals surface area contributed by atoms with E-state index in [2.05, 4.69) is 21.6 Å². The number of rotatable bonds is 8. The van der Waals surface area contributed by atoms with Gasteiger partial charge < -0.3 is 10.6 Å². The number of thioether (sulfide) groups is 1. The molecule has 1 aliphatic rings. The first kappa shape index (κ1) is 22.4. The Morgan fingerprint density at radius 1 is 1.00 bits per heavy atom. The van der Waals surface area contributed by atoms with Crippen LogP contribution < -0.4 is 10.6 Å². The summed E-state index contributed by atoms with van der Waals surface area (Å²) in [5.41, 5.74) is 2.89. The first-order valence-corrected chi connectivity index (χ1v) is 11.7. The fraction of sp³-hybridized carbons (Fsp3) is 0.417. The van der Waals surface area contributed by atoms with Gasteiger partial charge in [-0.3, -0.25) is 14.5 Å². The molecule has 160 valence electrons. The Bertz CT molecular complexity index is 835. The zero-order chi connectivity index (χ0) is 21.3. The molecule has 2 amide bonds. The summed E-state index contributed by atoms with van der Waals surface area (Å²) in [4.78, 5) is 27.8. The van der Waals surface area contributed by atoms with Crippen molar-refractivity contribution in [3.05, 3.63) is 65.7 Å². The van der Waals surface area contributed by atoms with Crippen molar-refractivity contribution < 1.29 is 9.59 Å². The van der Waals surface area contributed by atoms with Gasteiger partial charge in [0.1, 0.15) is 6.04 Å². The molecular weight excluding hydrogens is 394 g/mol. The number of carbonyl (C=O) groups is 2. The van der Waals surface area contributed by atoms with Crippen LogP contribution in [0.1, 0.15) is 25.0 Å². The van der Waals surface area contributed by atoms with Crippen LogP contribution in [0.4, 0.5) is 5.69 Å². The van der Waals surface area contributed by atoms with Gasteiger partial charge in [-0.25, -0.2) is 0 Å². The topological polar surface area (TPSA) is 61.4 Å². The maximum Gasteiger partial charge on any atom is 0.247 e. The highest BCUT2D eigenvalue weighted by Gasteiger charge is 2.24. The van der Waals surface area contributed by atoms with E-state index < -0.39 is 6.04 Å². The number of carbonyl (C=O) groups excluding carboxylic acids is 2. The first-order chi connectivity index (χ1) is 14.5. The second kappa shape index (κ2) is 11.2. The van der Waals surface area contributed by atoms with E-state index in [1.54, 1.807) is 0 Å². The molecule has 6 heteroatoms. The molecule has 2 aromatic carbocycles. The second-order valence-corrected chi connectivity index (χ2v) is 9.25. The second-order valence-electron chi connectivity index (χ2n) is 8.03. The van der Waals surface area contributed by atoms with Gasteiger partial charge in [-0.05, 0) is 29.2 Å². The molecule has 1 atom stereocenters. The lowest BCUT2D eigenvalue weighted by molar-refractivity contribution is -0.127. The van der Waals surface area contributed by atoms with Crippen LogP contribution in [0.5, 0.6) is 0 Å². The minimum atomic E-state index is -0.580. The van der Waals surface area contributed by atoms with E-state index in [1.807, 2.05) is 74.1 Å². The van der Waals surface area contributed by atoms with E-state index >= 15 is 0 Å². The zero-order valence-electron chi connectivity index (χ0n) is 17.8. The summed E-state index contributed by atoms with van der Waals surface area (Å²) < 4.78 is 0. The molecule has 0 aromatic heterocycles. The lowest BCUT2D eigenvalue weighted by Gasteiger charge is -2.26. The molecule has 5 nitrogen and oxygen atoms in total. The van der Waals surface area contributed by atoms with Gasteiger partial charge in [-0.2, -0.15) is 11.8 Å². The Kier molecular flexibility index (Phi) is 8.34. The van der Waals surface area contributed by atoms with E-state index in [0.29, 0.717) is 0 Å². The molecule has 1 saturated heterocycles. The molecule has 1 unspecified atom stereocenters. The molecule has 3 rings (SSSR count). The molecule has 0 spiro atoms. The van der Waals surface area contributed by atoms with E-state index in [4.69, 9.17) is 0 Å². The highest BCUT2D eigenvalue weighted by atomic mass is 32.2. The van der Waals surface area contributed by atoms with E-state index in [1.165, 1.54) is 17.1 Å². The summed E-state index contributed by atoms with van der Waals surface area (Å²) in [7, 11) is 0. The van der Waals surface area contributed by atoms with Crippen LogP contribution in [0.25, 0.3) is 0 Å². The van der Waals surface area contributed by atoms with Crippen molar-refractivity contribution in [2.24, 2.45) is 5.92 Å². The third-order valence-corrected chi connectivity index (χ3v) is 6.12. The summed E-state index contributed by atoms with van der Waals surface area (Å²) >= 11 is 2.00. The van der Waals surface area contributed by atoms with Crippen LogP contribution in [0.3, 0.4) is 0 Å². The lowest BCUT2D eigenvalue weighted by Crippen LogP contribution is -2.47. The zero-order valence-corrected chi connectivity index (χ0v) is 18.6. The van der Waals surface area contributed by atoms with Gasteiger partial charge in [-0.1, -0.05) is 56.3 Å². The molecule has 0 bridgehead atoms. The lowest BCUT2D eigenvalue weighted by atomic mass is 10.0. The Morgan fingerprint density at radius 2 is 1.70 bits per heavy atom. The number of amides is 2. The summed E-state index contributed by atoms with van der Waals surface area (Å²) in [6.45, 7) is 6.98. The number of nitrogens with zero attached hydrogens (tertiary/aromatic N) is 1. The van der Waals surface area contributed by atoms with Crippen molar-refractivity contribution in [1.29, 1.82) is 0 Å². The van der Waals surface area contributed by atoms with Crippen LogP contribution >= 0.6 is 11.8 Å². The summed E-state index contributed by atoms with van der Waals surface area (Å²) in [6.07, 6.45) is 0.265. The minimum Gasteiger partial charge on any atom is -0.344 e. The molecule has 1 fully saturated rings. The molecular formula is C24H31N3O2S. The van der Waals surface area contributed by atoms with E-state index in [-0.39, 0.29) is 24.2 Å². The number of hydrogen-bond acceptors (Lipinski definition) is 4. The standard InChI is InChI=1S/C24H31N3O2S/c1-18(2)23(26-22(28)16-19-7-4-3-5-8-19)24(29)25-21-10-6-9-20(15-21)17-27-11-13-30-14-12-27/h3-10,15,18,23H,11-14,16-17H2,1-2H3,(H,25,29)(H,26,28). The number of benzene rings is 2. The number of anilines is 1. The largest absolute Gasteiger partial charge is 0.344 e. The predicted molar refractivity (Wildman–Crippen MR) is 125 cm³/mol. The van der Waals surface area contributed by atoms with Gasteiger partial charge in [-0.15, -0.1) is 0 Å². The van der Waals surface area contributed by atoms with Gasteiger partial charge in [0.15, 0.2) is 0 Å². The highest BCUT2D eigenvalue weighted by molar-refractivity contribution is 7.99. The summed E-state index contributed by atoms with van der Waals surface area (Å²) in [6, 6.07) is 17.0. The van der Waals surface area contributed by atoms with Crippen LogP contribution in [0.2, 0.25) is 0 Å². The van der Waals surface area contributed by atoms with Gasteiger partial charge in [0.25, 0.3) is 0 Å². The van der Waals surface area contributed by atoms with Gasteiger partial charge in [0.2, 0.25) is 11.8 Å². The number of hydrogen-bond donors (Lipinski definition) is 2. The van der Waals surface area contributed by atoms with Crippen LogP contribution in [0, 0.1) is 5.92 Å². The third-order valence-electron chi connectivity index (χ3n) is 5.18. The smallest absolute Gasteiger partial charge is 0.247 e. The third kappa shape index (κ3) is 6.89. The van der Waals surface area contributed by atoms with Crippen molar-refractivity contribution in [2.75, 3.05) is 29.9 Å². The molecule has 0 radical (unpaired) electrons. The van der Waals surface area contributed by atoms with E-state index in [9.17, 15) is 9.59 Å². The average molecular weight is 426 g/mol. The van der Waals surface area contributed by atoms with Gasteiger partial charge in [0, 0.05) is 36.8 Å². The van der Waals surface area contributed by atoms with Crippen LogP contribution in [0.15, 0.2) is 54.6 Å². The molecule has 1 heterocycles. The van der Waals surface area contributed by atoms with Gasteiger partial charge >= 0.3 is 0 Å². The quantitative estimate of drug-likeness (QED) is 0.679. The predicted octanol–water partition coefficient (Wildman–Crippen LogP) is 3.56. The molecule has 1 aliphatic heterocycles. The maximum atomic E-state index is 12.9. The summed E-state index contributed by atoms with van der Waals surface area (Å²) in [5, 5.41) is 5.90. The molecule has 0 aliphatic carbocycles. The fourth-order valence-corrected chi connectivity index (χ4v) is 4.50. The van der Waals surface area contributed by atoms with Crippen molar-refractivity contribution in [3.63, 3.8) is 0 Å².